The van der Waals surface area contributed by atoms with Gasteiger partial charge in [-0.3, -0.25) is 4.79 Å². The summed E-state index contributed by atoms with van der Waals surface area (Å²) in [5, 5.41) is 0. The fourth-order valence-corrected chi connectivity index (χ4v) is 5.72. The summed E-state index contributed by atoms with van der Waals surface area (Å²) >= 11 is 3.71. The van der Waals surface area contributed by atoms with Crippen molar-refractivity contribution in [3.05, 3.63) is 51.2 Å². The highest BCUT2D eigenvalue weighted by Gasteiger charge is 2.27. The molecule has 0 fully saturated rings. The summed E-state index contributed by atoms with van der Waals surface area (Å²) in [5.41, 5.74) is 2.76. The van der Waals surface area contributed by atoms with Crippen LogP contribution in [-0.2, 0) is 21.4 Å². The maximum absolute atomic E-state index is 11.4. The first-order valence-corrected chi connectivity index (χ1v) is 11.8. The van der Waals surface area contributed by atoms with Crippen LogP contribution in [0.4, 0.5) is 0 Å². The van der Waals surface area contributed by atoms with E-state index in [2.05, 4.69) is 56.0 Å². The molecule has 0 amide bonds. The minimum atomic E-state index is -0.0909. The maximum Gasteiger partial charge on any atom is 0.305 e. The van der Waals surface area contributed by atoms with Gasteiger partial charge in [-0.25, -0.2) is 0 Å². The van der Waals surface area contributed by atoms with Crippen LogP contribution in [0.5, 0.6) is 0 Å². The molecule has 0 aliphatic carbocycles. The third-order valence-corrected chi connectivity index (χ3v) is 7.18. The predicted octanol–water partition coefficient (Wildman–Crippen LogP) is 6.20. The number of fused-ring (bicyclic) bond motifs is 1. The van der Waals surface area contributed by atoms with Crippen LogP contribution < -0.4 is 0 Å². The summed E-state index contributed by atoms with van der Waals surface area (Å²) in [6, 6.07) is 10.9. The minimum Gasteiger partial charge on any atom is -0.466 e. The molecular formula is C24H28O2S2. The first-order chi connectivity index (χ1) is 13.5. The Hall–Kier alpha value is -1.70. The van der Waals surface area contributed by atoms with Crippen molar-refractivity contribution in [1.82, 2.24) is 0 Å². The van der Waals surface area contributed by atoms with Crippen molar-refractivity contribution >= 4 is 29.1 Å². The van der Waals surface area contributed by atoms with Gasteiger partial charge in [-0.05, 0) is 79.7 Å². The number of aryl methyl sites for hydroxylation is 1. The van der Waals surface area contributed by atoms with Crippen molar-refractivity contribution in [3.8, 4) is 11.8 Å². The third-order valence-electron chi connectivity index (χ3n) is 5.04. The number of esters is 1. The monoisotopic (exact) mass is 412 g/mol. The predicted molar refractivity (Wildman–Crippen MR) is 119 cm³/mol. The standard InChI is InChI=1S/C24H28O2S2/c1-4-26-23(25)8-6-5-7-19-12-13-20(28-19)11-9-18-10-14-22-21(17-18)24(2,3)15-16-27-22/h10,12-14,17H,4-8,15-16H2,1-3H3. The molecule has 2 heterocycles. The van der Waals surface area contributed by atoms with E-state index in [0.717, 1.165) is 29.7 Å². The SMILES string of the molecule is CCOC(=O)CCCCc1ccc(C#Cc2ccc3c(c2)C(C)(C)CCS3)s1. The molecule has 0 radical (unpaired) electrons. The number of carbonyl (C=O) groups is 1. The molecule has 3 rings (SSSR count). The first-order valence-electron chi connectivity index (χ1n) is 10.0. The zero-order valence-corrected chi connectivity index (χ0v) is 18.6. The first kappa shape index (κ1) is 21.0. The molecule has 1 aliphatic heterocycles. The molecule has 148 valence electrons. The van der Waals surface area contributed by atoms with Gasteiger partial charge in [0, 0.05) is 21.8 Å². The maximum atomic E-state index is 11.4. The van der Waals surface area contributed by atoms with Gasteiger partial charge in [0.1, 0.15) is 0 Å². The van der Waals surface area contributed by atoms with Crippen LogP contribution in [-0.4, -0.2) is 18.3 Å². The number of benzene rings is 1. The number of hydrogen-bond acceptors (Lipinski definition) is 4. The highest BCUT2D eigenvalue weighted by molar-refractivity contribution is 7.99. The Kier molecular flexibility index (Phi) is 7.26. The van der Waals surface area contributed by atoms with Gasteiger partial charge < -0.3 is 4.74 Å². The zero-order chi connectivity index (χ0) is 20.0. The van der Waals surface area contributed by atoms with Gasteiger partial charge in [0.05, 0.1) is 11.5 Å². The van der Waals surface area contributed by atoms with Crippen molar-refractivity contribution in [1.29, 1.82) is 0 Å². The van der Waals surface area contributed by atoms with Crippen LogP contribution in [0.15, 0.2) is 35.2 Å². The second-order valence-electron chi connectivity index (χ2n) is 7.72. The lowest BCUT2D eigenvalue weighted by Crippen LogP contribution is -2.22. The van der Waals surface area contributed by atoms with E-state index in [1.165, 1.54) is 27.5 Å². The van der Waals surface area contributed by atoms with Crippen molar-refractivity contribution in [2.45, 2.75) is 63.2 Å². The molecule has 0 unspecified atom stereocenters. The van der Waals surface area contributed by atoms with E-state index in [-0.39, 0.29) is 11.4 Å². The minimum absolute atomic E-state index is 0.0909. The molecule has 28 heavy (non-hydrogen) atoms. The Labute approximate surface area is 177 Å². The fraction of sp³-hybridized carbons (Fsp3) is 0.458. The molecule has 0 saturated carbocycles. The largest absolute Gasteiger partial charge is 0.466 e. The molecule has 0 spiro atoms. The Morgan fingerprint density at radius 2 is 2.04 bits per heavy atom. The second kappa shape index (κ2) is 9.67. The summed E-state index contributed by atoms with van der Waals surface area (Å²) in [6.45, 7) is 6.97. The van der Waals surface area contributed by atoms with Crippen LogP contribution in [0.1, 0.15) is 67.3 Å². The van der Waals surface area contributed by atoms with E-state index < -0.39 is 0 Å². The molecule has 2 nitrogen and oxygen atoms in total. The molecular weight excluding hydrogens is 384 g/mol. The molecule has 4 heteroatoms. The molecule has 0 saturated heterocycles. The number of ether oxygens (including phenoxy) is 1. The van der Waals surface area contributed by atoms with Crippen LogP contribution in [0, 0.1) is 11.8 Å². The number of unbranched alkanes of at least 4 members (excludes halogenated alkanes) is 1. The highest BCUT2D eigenvalue weighted by Crippen LogP contribution is 2.41. The van der Waals surface area contributed by atoms with Gasteiger partial charge in [-0.1, -0.05) is 25.7 Å². The lowest BCUT2D eigenvalue weighted by atomic mass is 9.81. The fourth-order valence-electron chi connectivity index (χ4n) is 3.33. The molecule has 0 atom stereocenters. The second-order valence-corrected chi connectivity index (χ2v) is 10.0. The number of rotatable bonds is 6. The average molecular weight is 413 g/mol. The molecule has 1 aromatic heterocycles. The summed E-state index contributed by atoms with van der Waals surface area (Å²) in [7, 11) is 0. The Morgan fingerprint density at radius 3 is 2.86 bits per heavy atom. The van der Waals surface area contributed by atoms with Crippen LogP contribution >= 0.6 is 23.1 Å². The Balaban J connectivity index is 1.58. The van der Waals surface area contributed by atoms with Gasteiger partial charge in [-0.15, -0.1) is 23.1 Å². The zero-order valence-electron chi connectivity index (χ0n) is 17.0. The van der Waals surface area contributed by atoms with Gasteiger partial charge in [-0.2, -0.15) is 0 Å². The Morgan fingerprint density at radius 1 is 1.18 bits per heavy atom. The van der Waals surface area contributed by atoms with E-state index >= 15 is 0 Å². The van der Waals surface area contributed by atoms with Crippen molar-refractivity contribution in [2.75, 3.05) is 12.4 Å². The van der Waals surface area contributed by atoms with Crippen molar-refractivity contribution < 1.29 is 9.53 Å². The lowest BCUT2D eigenvalue weighted by Gasteiger charge is -2.32. The number of carbonyl (C=O) groups excluding carboxylic acids is 1. The smallest absolute Gasteiger partial charge is 0.305 e. The lowest BCUT2D eigenvalue weighted by molar-refractivity contribution is -0.143. The normalized spacial score (nSPS) is 14.7. The Bertz CT molecular complexity index is 883. The summed E-state index contributed by atoms with van der Waals surface area (Å²) in [5.74, 6) is 7.78. The van der Waals surface area contributed by atoms with E-state index in [0.29, 0.717) is 13.0 Å². The van der Waals surface area contributed by atoms with Gasteiger partial charge >= 0.3 is 5.97 Å². The van der Waals surface area contributed by atoms with Gasteiger partial charge in [0.25, 0.3) is 0 Å². The summed E-state index contributed by atoms with van der Waals surface area (Å²) in [6.07, 6.45) is 4.60. The molecule has 0 bridgehead atoms. The molecule has 1 aromatic carbocycles. The molecule has 0 N–H and O–H groups in total. The molecule has 2 aromatic rings. The van der Waals surface area contributed by atoms with E-state index in [4.69, 9.17) is 4.74 Å². The van der Waals surface area contributed by atoms with Gasteiger partial charge in [0.2, 0.25) is 0 Å². The molecule has 1 aliphatic rings. The topological polar surface area (TPSA) is 26.3 Å². The van der Waals surface area contributed by atoms with Crippen molar-refractivity contribution in [3.63, 3.8) is 0 Å². The highest BCUT2D eigenvalue weighted by atomic mass is 32.2. The van der Waals surface area contributed by atoms with Crippen molar-refractivity contribution in [2.24, 2.45) is 0 Å². The van der Waals surface area contributed by atoms with E-state index in [9.17, 15) is 4.79 Å². The van der Waals surface area contributed by atoms with Crippen LogP contribution in [0.25, 0.3) is 0 Å². The van der Waals surface area contributed by atoms with E-state index in [1.807, 2.05) is 18.7 Å². The van der Waals surface area contributed by atoms with Gasteiger partial charge in [0.15, 0.2) is 0 Å². The summed E-state index contributed by atoms with van der Waals surface area (Å²) in [4.78, 5) is 15.2. The van der Waals surface area contributed by atoms with Crippen LogP contribution in [0.3, 0.4) is 0 Å². The van der Waals surface area contributed by atoms with E-state index in [1.54, 1.807) is 11.3 Å². The third kappa shape index (κ3) is 5.65. The summed E-state index contributed by atoms with van der Waals surface area (Å²) < 4.78 is 4.96. The number of thiophene rings is 1. The number of thioether (sulfide) groups is 1. The average Bonchev–Trinajstić information content (AvgIpc) is 3.12. The number of hydrogen-bond donors (Lipinski definition) is 0. The van der Waals surface area contributed by atoms with Crippen LogP contribution in [0.2, 0.25) is 0 Å². The quantitative estimate of drug-likeness (QED) is 0.321.